The maximum Gasteiger partial charge on any atom is 0.305 e. The summed E-state index contributed by atoms with van der Waals surface area (Å²) in [7, 11) is 0. The fraction of sp³-hybridized carbons (Fsp3) is 0.267. The van der Waals surface area contributed by atoms with Gasteiger partial charge in [-0.25, -0.2) is 9.37 Å². The van der Waals surface area contributed by atoms with Crippen molar-refractivity contribution in [2.45, 2.75) is 25.3 Å². The van der Waals surface area contributed by atoms with E-state index in [1.54, 1.807) is 5.51 Å². The lowest BCUT2D eigenvalue weighted by molar-refractivity contribution is -0.137. The number of carboxylic acid groups (broad SMARTS) is 1. The van der Waals surface area contributed by atoms with E-state index in [4.69, 9.17) is 5.11 Å². The van der Waals surface area contributed by atoms with Crippen molar-refractivity contribution < 1.29 is 19.1 Å². The van der Waals surface area contributed by atoms with Gasteiger partial charge in [-0.15, -0.1) is 11.3 Å². The minimum atomic E-state index is -1.03. The molecule has 0 bridgehead atoms. The number of rotatable bonds is 7. The topological polar surface area (TPSA) is 79.3 Å². The van der Waals surface area contributed by atoms with Gasteiger partial charge in [-0.3, -0.25) is 9.59 Å². The number of nitrogens with one attached hydrogen (secondary N) is 1. The molecule has 2 N–H and O–H groups in total. The number of amides is 1. The molecule has 1 amide bonds. The summed E-state index contributed by atoms with van der Waals surface area (Å²) in [6, 6.07) is 4.76. The maximum absolute atomic E-state index is 12.9. The van der Waals surface area contributed by atoms with Crippen molar-refractivity contribution in [2.24, 2.45) is 0 Å². The number of carbonyl (C=O) groups is 2. The fourth-order valence-electron chi connectivity index (χ4n) is 1.99. The Hall–Kier alpha value is -2.28. The minimum absolute atomic E-state index is 0.223. The zero-order valence-corrected chi connectivity index (χ0v) is 12.5. The monoisotopic (exact) mass is 322 g/mol. The summed E-state index contributed by atoms with van der Waals surface area (Å²) in [6.07, 6.45) is 0.466. The van der Waals surface area contributed by atoms with Gasteiger partial charge in [0, 0.05) is 11.8 Å². The molecule has 1 unspecified atom stereocenters. The zero-order valence-electron chi connectivity index (χ0n) is 11.7. The van der Waals surface area contributed by atoms with E-state index in [1.165, 1.54) is 35.6 Å². The van der Waals surface area contributed by atoms with Crippen LogP contribution in [0, 0.1) is 5.82 Å². The van der Waals surface area contributed by atoms with E-state index in [1.807, 2.05) is 5.38 Å². The highest BCUT2D eigenvalue weighted by molar-refractivity contribution is 7.07. The van der Waals surface area contributed by atoms with E-state index >= 15 is 0 Å². The van der Waals surface area contributed by atoms with Crippen molar-refractivity contribution in [1.29, 1.82) is 0 Å². The number of carboxylic acids is 1. The molecule has 2 rings (SSSR count). The van der Waals surface area contributed by atoms with Crippen LogP contribution in [0.15, 0.2) is 35.2 Å². The molecule has 0 radical (unpaired) electrons. The van der Waals surface area contributed by atoms with Gasteiger partial charge in [0.15, 0.2) is 0 Å². The number of benzene rings is 1. The number of aryl methyl sites for hydroxylation is 1. The Balaban J connectivity index is 1.98. The third-order valence-corrected chi connectivity index (χ3v) is 3.71. The first kappa shape index (κ1) is 16.1. The van der Waals surface area contributed by atoms with Crippen LogP contribution >= 0.6 is 11.3 Å². The van der Waals surface area contributed by atoms with Crippen LogP contribution in [0.3, 0.4) is 0 Å². The van der Waals surface area contributed by atoms with Crippen molar-refractivity contribution in [3.8, 4) is 0 Å². The largest absolute Gasteiger partial charge is 0.481 e. The highest BCUT2D eigenvalue weighted by atomic mass is 32.1. The second kappa shape index (κ2) is 7.65. The van der Waals surface area contributed by atoms with E-state index in [0.717, 1.165) is 5.69 Å². The Morgan fingerprint density at radius 1 is 1.32 bits per heavy atom. The molecule has 22 heavy (non-hydrogen) atoms. The van der Waals surface area contributed by atoms with Gasteiger partial charge >= 0.3 is 5.97 Å². The Kier molecular flexibility index (Phi) is 5.60. The first-order valence-electron chi connectivity index (χ1n) is 6.68. The lowest BCUT2D eigenvalue weighted by Crippen LogP contribution is -2.30. The van der Waals surface area contributed by atoms with Crippen LogP contribution < -0.4 is 5.32 Å². The van der Waals surface area contributed by atoms with Gasteiger partial charge in [0.05, 0.1) is 23.7 Å². The lowest BCUT2D eigenvalue weighted by Gasteiger charge is -2.17. The van der Waals surface area contributed by atoms with Crippen molar-refractivity contribution in [2.75, 3.05) is 0 Å². The van der Waals surface area contributed by atoms with E-state index in [0.29, 0.717) is 12.0 Å². The molecular weight excluding hydrogens is 307 g/mol. The second-order valence-electron chi connectivity index (χ2n) is 4.75. The molecule has 5 nitrogen and oxygen atoms in total. The number of halogens is 1. The van der Waals surface area contributed by atoms with E-state index in [9.17, 15) is 14.0 Å². The average Bonchev–Trinajstić information content (AvgIpc) is 2.98. The molecule has 1 aromatic heterocycles. The van der Waals surface area contributed by atoms with Crippen LogP contribution in [0.2, 0.25) is 0 Å². The van der Waals surface area contributed by atoms with E-state index in [2.05, 4.69) is 10.3 Å². The molecule has 1 atom stereocenters. The smallest absolute Gasteiger partial charge is 0.305 e. The van der Waals surface area contributed by atoms with Gasteiger partial charge < -0.3 is 10.4 Å². The minimum Gasteiger partial charge on any atom is -0.481 e. The molecule has 0 aliphatic rings. The van der Waals surface area contributed by atoms with Crippen LogP contribution in [-0.2, 0) is 16.0 Å². The second-order valence-corrected chi connectivity index (χ2v) is 5.47. The number of thiazole rings is 1. The molecule has 0 aliphatic carbocycles. The Bertz CT molecular complexity index is 629. The molecule has 1 aromatic carbocycles. The molecule has 7 heteroatoms. The highest BCUT2D eigenvalue weighted by Gasteiger charge is 2.18. The molecule has 116 valence electrons. The Morgan fingerprint density at radius 3 is 2.64 bits per heavy atom. The molecular formula is C15H15FN2O3S. The number of carbonyl (C=O) groups excluding carboxylic acids is 1. The number of aromatic nitrogens is 1. The summed E-state index contributed by atoms with van der Waals surface area (Å²) in [4.78, 5) is 27.0. The summed E-state index contributed by atoms with van der Waals surface area (Å²) in [5, 5.41) is 13.5. The average molecular weight is 322 g/mol. The van der Waals surface area contributed by atoms with Crippen molar-refractivity contribution in [1.82, 2.24) is 10.3 Å². The third-order valence-electron chi connectivity index (χ3n) is 3.08. The van der Waals surface area contributed by atoms with E-state index in [-0.39, 0.29) is 18.7 Å². The van der Waals surface area contributed by atoms with Gasteiger partial charge in [-0.05, 0) is 24.1 Å². The quantitative estimate of drug-likeness (QED) is 0.821. The third kappa shape index (κ3) is 4.92. The molecule has 0 saturated heterocycles. The van der Waals surface area contributed by atoms with Crippen molar-refractivity contribution in [3.63, 3.8) is 0 Å². The van der Waals surface area contributed by atoms with E-state index < -0.39 is 17.8 Å². The first-order chi connectivity index (χ1) is 10.5. The van der Waals surface area contributed by atoms with Crippen molar-refractivity contribution in [3.05, 3.63) is 52.2 Å². The normalized spacial score (nSPS) is 11.9. The SMILES string of the molecule is O=C(O)CC(NC(=O)CCc1cscn1)c1ccc(F)cc1. The highest BCUT2D eigenvalue weighted by Crippen LogP contribution is 2.18. The number of hydrogen-bond donors (Lipinski definition) is 2. The standard InChI is InChI=1S/C15H15FN2O3S/c16-11-3-1-10(2-4-11)13(7-15(20)21)18-14(19)6-5-12-8-22-9-17-12/h1-4,8-9,13H,5-7H2,(H,18,19)(H,20,21). The maximum atomic E-state index is 12.9. The number of hydrogen-bond acceptors (Lipinski definition) is 4. The zero-order chi connectivity index (χ0) is 15.9. The molecule has 0 aliphatic heterocycles. The Labute approximate surface area is 130 Å². The summed E-state index contributed by atoms with van der Waals surface area (Å²) in [5.41, 5.74) is 3.08. The number of aliphatic carboxylic acids is 1. The van der Waals surface area contributed by atoms with Crippen LogP contribution in [0.5, 0.6) is 0 Å². The molecule has 0 saturated carbocycles. The van der Waals surface area contributed by atoms with Gasteiger partial charge in [0.25, 0.3) is 0 Å². The van der Waals surface area contributed by atoms with Gasteiger partial charge in [-0.2, -0.15) is 0 Å². The molecule has 0 spiro atoms. The Morgan fingerprint density at radius 2 is 2.05 bits per heavy atom. The molecule has 1 heterocycles. The van der Waals surface area contributed by atoms with Gasteiger partial charge in [-0.1, -0.05) is 12.1 Å². The predicted molar refractivity (Wildman–Crippen MR) is 80.0 cm³/mol. The van der Waals surface area contributed by atoms with Crippen LogP contribution in [0.4, 0.5) is 4.39 Å². The molecule has 2 aromatic rings. The number of nitrogens with zero attached hydrogens (tertiary/aromatic N) is 1. The summed E-state index contributed by atoms with van der Waals surface area (Å²) >= 11 is 1.46. The van der Waals surface area contributed by atoms with Gasteiger partial charge in [0.1, 0.15) is 5.82 Å². The molecule has 0 fully saturated rings. The van der Waals surface area contributed by atoms with Gasteiger partial charge in [0.2, 0.25) is 5.91 Å². The predicted octanol–water partition coefficient (Wildman–Crippen LogP) is 2.55. The fourth-order valence-corrected chi connectivity index (χ4v) is 2.58. The van der Waals surface area contributed by atoms with Crippen LogP contribution in [0.25, 0.3) is 0 Å². The van der Waals surface area contributed by atoms with Crippen LogP contribution in [0.1, 0.15) is 30.1 Å². The summed E-state index contributed by atoms with van der Waals surface area (Å²) in [6.45, 7) is 0. The van der Waals surface area contributed by atoms with Crippen molar-refractivity contribution >= 4 is 23.2 Å². The summed E-state index contributed by atoms with van der Waals surface area (Å²) in [5.74, 6) is -1.70. The first-order valence-corrected chi connectivity index (χ1v) is 7.62. The lowest BCUT2D eigenvalue weighted by atomic mass is 10.0. The van der Waals surface area contributed by atoms with Crippen LogP contribution in [-0.4, -0.2) is 22.0 Å². The summed E-state index contributed by atoms with van der Waals surface area (Å²) < 4.78 is 12.9.